The van der Waals surface area contributed by atoms with E-state index in [1.807, 2.05) is 7.05 Å². The Morgan fingerprint density at radius 3 is 2.06 bits per heavy atom. The van der Waals surface area contributed by atoms with Gasteiger partial charge in [-0.2, -0.15) is 0 Å². The van der Waals surface area contributed by atoms with Crippen LogP contribution in [0.2, 0.25) is 0 Å². The number of ether oxygens (including phenoxy) is 3. The van der Waals surface area contributed by atoms with Crippen LogP contribution < -0.4 is 5.32 Å². The topological polar surface area (TPSA) is 39.7 Å². The van der Waals surface area contributed by atoms with Crippen LogP contribution in [0.4, 0.5) is 0 Å². The molecule has 0 rings (SSSR count). The van der Waals surface area contributed by atoms with Gasteiger partial charge in [-0.05, 0) is 31.8 Å². The summed E-state index contributed by atoms with van der Waals surface area (Å²) in [5, 5.41) is 3.23. The second-order valence-corrected chi connectivity index (χ2v) is 4.57. The molecule has 1 atom stereocenters. The van der Waals surface area contributed by atoms with Crippen molar-refractivity contribution in [2.75, 3.05) is 53.7 Å². The first-order valence-corrected chi connectivity index (χ1v) is 6.51. The minimum atomic E-state index is 0.647. The van der Waals surface area contributed by atoms with Gasteiger partial charge in [0.1, 0.15) is 0 Å². The molecule has 0 aliphatic rings. The van der Waals surface area contributed by atoms with Crippen molar-refractivity contribution in [1.82, 2.24) is 5.32 Å². The minimum Gasteiger partial charge on any atom is -0.382 e. The van der Waals surface area contributed by atoms with E-state index in [2.05, 4.69) is 19.2 Å². The molecule has 1 unspecified atom stereocenters. The van der Waals surface area contributed by atoms with Crippen LogP contribution in [0.25, 0.3) is 0 Å². The van der Waals surface area contributed by atoms with Gasteiger partial charge in [0.25, 0.3) is 0 Å². The van der Waals surface area contributed by atoms with Crippen LogP contribution in [0.3, 0.4) is 0 Å². The second kappa shape index (κ2) is 12.3. The molecule has 0 saturated carbocycles. The number of rotatable bonds is 12. The molecular formula is C13H29NO3. The van der Waals surface area contributed by atoms with Gasteiger partial charge < -0.3 is 19.5 Å². The average Bonchev–Trinajstić information content (AvgIpc) is 2.31. The van der Waals surface area contributed by atoms with Gasteiger partial charge in [-0.25, -0.2) is 0 Å². The van der Waals surface area contributed by atoms with E-state index in [-0.39, 0.29) is 0 Å². The van der Waals surface area contributed by atoms with Gasteiger partial charge in [-0.15, -0.1) is 0 Å². The Hall–Kier alpha value is -0.160. The summed E-state index contributed by atoms with van der Waals surface area (Å²) in [7, 11) is 3.67. The summed E-state index contributed by atoms with van der Waals surface area (Å²) in [5.41, 5.74) is 0. The SMILES string of the molecule is CNCC(CCOCCOCCOC)C(C)C. The molecule has 0 fully saturated rings. The Kier molecular flexibility index (Phi) is 12.2. The van der Waals surface area contributed by atoms with Gasteiger partial charge in [0.2, 0.25) is 0 Å². The summed E-state index contributed by atoms with van der Waals surface area (Å²) in [4.78, 5) is 0. The average molecular weight is 247 g/mol. The van der Waals surface area contributed by atoms with Gasteiger partial charge in [0.15, 0.2) is 0 Å². The van der Waals surface area contributed by atoms with Crippen LogP contribution in [0.15, 0.2) is 0 Å². The predicted molar refractivity (Wildman–Crippen MR) is 70.4 cm³/mol. The molecule has 4 heteroatoms. The van der Waals surface area contributed by atoms with Crippen LogP contribution in [-0.2, 0) is 14.2 Å². The van der Waals surface area contributed by atoms with Crippen LogP contribution in [0.1, 0.15) is 20.3 Å². The highest BCUT2D eigenvalue weighted by atomic mass is 16.5. The van der Waals surface area contributed by atoms with Crippen LogP contribution >= 0.6 is 0 Å². The molecule has 1 N–H and O–H groups in total. The highest BCUT2D eigenvalue weighted by Crippen LogP contribution is 2.13. The summed E-state index contributed by atoms with van der Waals surface area (Å²) in [5.74, 6) is 1.39. The highest BCUT2D eigenvalue weighted by Gasteiger charge is 2.11. The molecule has 0 amide bonds. The third-order valence-corrected chi connectivity index (χ3v) is 2.85. The Morgan fingerprint density at radius 1 is 0.941 bits per heavy atom. The number of nitrogens with one attached hydrogen (secondary N) is 1. The maximum atomic E-state index is 5.55. The summed E-state index contributed by atoms with van der Waals surface area (Å²) >= 11 is 0. The summed E-state index contributed by atoms with van der Waals surface area (Å²) < 4.78 is 15.7. The Balaban J connectivity index is 3.30. The Labute approximate surface area is 106 Å². The molecule has 104 valence electrons. The summed E-state index contributed by atoms with van der Waals surface area (Å²) in [6, 6.07) is 0. The second-order valence-electron chi connectivity index (χ2n) is 4.57. The van der Waals surface area contributed by atoms with Gasteiger partial charge in [0, 0.05) is 13.7 Å². The molecular weight excluding hydrogens is 218 g/mol. The van der Waals surface area contributed by atoms with Crippen LogP contribution in [-0.4, -0.2) is 53.7 Å². The molecule has 0 radical (unpaired) electrons. The lowest BCUT2D eigenvalue weighted by Gasteiger charge is -2.20. The van der Waals surface area contributed by atoms with Gasteiger partial charge in [0.05, 0.1) is 26.4 Å². The van der Waals surface area contributed by atoms with Crippen molar-refractivity contribution in [2.24, 2.45) is 11.8 Å². The third kappa shape index (κ3) is 10.7. The van der Waals surface area contributed by atoms with E-state index >= 15 is 0 Å². The first kappa shape index (κ1) is 16.8. The summed E-state index contributed by atoms with van der Waals surface area (Å²) in [6.45, 7) is 9.02. The molecule has 0 bridgehead atoms. The monoisotopic (exact) mass is 247 g/mol. The first-order valence-electron chi connectivity index (χ1n) is 6.51. The van der Waals surface area contributed by atoms with E-state index in [0.29, 0.717) is 38.3 Å². The maximum Gasteiger partial charge on any atom is 0.0701 e. The van der Waals surface area contributed by atoms with E-state index in [1.54, 1.807) is 7.11 Å². The van der Waals surface area contributed by atoms with Crippen LogP contribution in [0.5, 0.6) is 0 Å². The van der Waals surface area contributed by atoms with E-state index in [9.17, 15) is 0 Å². The van der Waals surface area contributed by atoms with E-state index in [0.717, 1.165) is 19.6 Å². The van der Waals surface area contributed by atoms with Crippen molar-refractivity contribution in [2.45, 2.75) is 20.3 Å². The zero-order chi connectivity index (χ0) is 12.9. The Bertz CT molecular complexity index is 154. The number of methoxy groups -OCH3 is 1. The van der Waals surface area contributed by atoms with Gasteiger partial charge in [-0.3, -0.25) is 0 Å². The fourth-order valence-corrected chi connectivity index (χ4v) is 1.63. The van der Waals surface area contributed by atoms with Crippen LogP contribution in [0, 0.1) is 11.8 Å². The smallest absolute Gasteiger partial charge is 0.0701 e. The molecule has 0 aromatic rings. The standard InChI is InChI=1S/C13H29NO3/c1-12(2)13(11-14-3)5-6-16-9-10-17-8-7-15-4/h12-14H,5-11H2,1-4H3. The van der Waals surface area contributed by atoms with Crippen molar-refractivity contribution in [3.63, 3.8) is 0 Å². The van der Waals surface area contributed by atoms with Gasteiger partial charge >= 0.3 is 0 Å². The molecule has 17 heavy (non-hydrogen) atoms. The molecule has 0 aromatic heterocycles. The maximum absolute atomic E-state index is 5.55. The normalized spacial score (nSPS) is 13.2. The minimum absolute atomic E-state index is 0.647. The highest BCUT2D eigenvalue weighted by molar-refractivity contribution is 4.64. The lowest BCUT2D eigenvalue weighted by atomic mass is 9.93. The van der Waals surface area contributed by atoms with Crippen molar-refractivity contribution < 1.29 is 14.2 Å². The molecule has 0 aromatic carbocycles. The van der Waals surface area contributed by atoms with Crippen molar-refractivity contribution in [3.8, 4) is 0 Å². The molecule has 0 aliphatic carbocycles. The third-order valence-electron chi connectivity index (χ3n) is 2.85. The molecule has 0 heterocycles. The number of hydrogen-bond acceptors (Lipinski definition) is 4. The molecule has 0 saturated heterocycles. The Morgan fingerprint density at radius 2 is 1.53 bits per heavy atom. The van der Waals surface area contributed by atoms with Crippen molar-refractivity contribution >= 4 is 0 Å². The van der Waals surface area contributed by atoms with Crippen molar-refractivity contribution in [3.05, 3.63) is 0 Å². The largest absolute Gasteiger partial charge is 0.382 e. The summed E-state index contributed by atoms with van der Waals surface area (Å²) in [6.07, 6.45) is 1.11. The number of hydrogen-bond donors (Lipinski definition) is 1. The van der Waals surface area contributed by atoms with Gasteiger partial charge in [-0.1, -0.05) is 13.8 Å². The lowest BCUT2D eigenvalue weighted by Crippen LogP contribution is -2.24. The first-order chi connectivity index (χ1) is 8.22. The van der Waals surface area contributed by atoms with E-state index in [1.165, 1.54) is 0 Å². The fourth-order valence-electron chi connectivity index (χ4n) is 1.63. The zero-order valence-corrected chi connectivity index (χ0v) is 11.8. The molecule has 0 aliphatic heterocycles. The molecule has 0 spiro atoms. The molecule has 4 nitrogen and oxygen atoms in total. The van der Waals surface area contributed by atoms with E-state index in [4.69, 9.17) is 14.2 Å². The quantitative estimate of drug-likeness (QED) is 0.531. The predicted octanol–water partition coefficient (Wildman–Crippen LogP) is 1.55. The zero-order valence-electron chi connectivity index (χ0n) is 11.8. The van der Waals surface area contributed by atoms with Crippen molar-refractivity contribution in [1.29, 1.82) is 0 Å². The van der Waals surface area contributed by atoms with E-state index < -0.39 is 0 Å². The fraction of sp³-hybridized carbons (Fsp3) is 1.00. The lowest BCUT2D eigenvalue weighted by molar-refractivity contribution is 0.0207.